The van der Waals surface area contributed by atoms with Crippen LogP contribution in [-0.2, 0) is 13.1 Å². The quantitative estimate of drug-likeness (QED) is 0.889. The van der Waals surface area contributed by atoms with Gasteiger partial charge in [0, 0.05) is 30.3 Å². The second-order valence-electron chi connectivity index (χ2n) is 4.39. The molecule has 1 N–H and O–H groups in total. The highest BCUT2D eigenvalue weighted by atomic mass is 79.9. The number of halogens is 1. The molecule has 100 valence electrons. The highest BCUT2D eigenvalue weighted by molar-refractivity contribution is 9.10. The number of aliphatic hydroxyl groups is 1. The average Bonchev–Trinajstić information content (AvgIpc) is 2.43. The number of hydrogen-bond acceptors (Lipinski definition) is 3. The van der Waals surface area contributed by atoms with Gasteiger partial charge in [-0.05, 0) is 33.6 Å². The molecule has 0 aliphatic heterocycles. The molecule has 0 radical (unpaired) electrons. The molecule has 3 nitrogen and oxygen atoms in total. The Balaban J connectivity index is 2.01. The maximum Gasteiger partial charge on any atom is 0.0558 e. The molecule has 4 heteroatoms. The highest BCUT2D eigenvalue weighted by Gasteiger charge is 2.07. The van der Waals surface area contributed by atoms with Crippen LogP contribution in [0.4, 0.5) is 0 Å². The van der Waals surface area contributed by atoms with Crippen LogP contribution in [-0.4, -0.2) is 28.1 Å². The van der Waals surface area contributed by atoms with E-state index in [0.717, 1.165) is 23.3 Å². The Morgan fingerprint density at radius 1 is 1.05 bits per heavy atom. The normalized spacial score (nSPS) is 10.9. The van der Waals surface area contributed by atoms with Gasteiger partial charge in [-0.2, -0.15) is 0 Å². The molecule has 0 unspecified atom stereocenters. The van der Waals surface area contributed by atoms with Gasteiger partial charge >= 0.3 is 0 Å². The van der Waals surface area contributed by atoms with Gasteiger partial charge in [-0.1, -0.05) is 30.3 Å². The van der Waals surface area contributed by atoms with Gasteiger partial charge in [0.15, 0.2) is 0 Å². The summed E-state index contributed by atoms with van der Waals surface area (Å²) in [7, 11) is 0. The predicted molar refractivity (Wildman–Crippen MR) is 79.6 cm³/mol. The van der Waals surface area contributed by atoms with E-state index in [-0.39, 0.29) is 6.61 Å². The van der Waals surface area contributed by atoms with Crippen molar-refractivity contribution in [2.45, 2.75) is 13.1 Å². The smallest absolute Gasteiger partial charge is 0.0558 e. The third-order valence-electron chi connectivity index (χ3n) is 2.84. The lowest BCUT2D eigenvalue weighted by Gasteiger charge is -2.21. The van der Waals surface area contributed by atoms with Crippen molar-refractivity contribution in [2.24, 2.45) is 0 Å². The summed E-state index contributed by atoms with van der Waals surface area (Å²) in [6.07, 6.45) is 1.80. The number of rotatable bonds is 6. The largest absolute Gasteiger partial charge is 0.395 e. The SMILES string of the molecule is OCCN(Cc1ccccc1)Cc1ccc(Br)cn1. The molecule has 0 spiro atoms. The summed E-state index contributed by atoms with van der Waals surface area (Å²) in [5.41, 5.74) is 2.25. The predicted octanol–water partition coefficient (Wildman–Crippen LogP) is 2.84. The van der Waals surface area contributed by atoms with Crippen LogP contribution in [0.5, 0.6) is 0 Å². The first-order valence-electron chi connectivity index (χ1n) is 6.25. The molecular formula is C15H17BrN2O. The van der Waals surface area contributed by atoms with Gasteiger partial charge in [0.1, 0.15) is 0 Å². The summed E-state index contributed by atoms with van der Waals surface area (Å²) < 4.78 is 0.980. The molecule has 0 amide bonds. The Morgan fingerprint density at radius 2 is 1.84 bits per heavy atom. The van der Waals surface area contributed by atoms with Gasteiger partial charge in [0.2, 0.25) is 0 Å². The zero-order valence-corrected chi connectivity index (χ0v) is 12.3. The Hall–Kier alpha value is -1.23. The number of pyridine rings is 1. The third-order valence-corrected chi connectivity index (χ3v) is 3.31. The van der Waals surface area contributed by atoms with E-state index < -0.39 is 0 Å². The first-order chi connectivity index (χ1) is 9.28. The van der Waals surface area contributed by atoms with Crippen molar-refractivity contribution in [3.63, 3.8) is 0 Å². The van der Waals surface area contributed by atoms with E-state index in [4.69, 9.17) is 5.11 Å². The fraction of sp³-hybridized carbons (Fsp3) is 0.267. The number of hydrogen-bond donors (Lipinski definition) is 1. The van der Waals surface area contributed by atoms with Crippen LogP contribution in [0.25, 0.3) is 0 Å². The average molecular weight is 321 g/mol. The summed E-state index contributed by atoms with van der Waals surface area (Å²) in [6.45, 7) is 2.36. The van der Waals surface area contributed by atoms with Crippen LogP contribution in [0, 0.1) is 0 Å². The summed E-state index contributed by atoms with van der Waals surface area (Å²) in [4.78, 5) is 6.56. The standard InChI is InChI=1S/C15H17BrN2O/c16-14-6-7-15(17-10-14)12-18(8-9-19)11-13-4-2-1-3-5-13/h1-7,10,19H,8-9,11-12H2. The topological polar surface area (TPSA) is 36.4 Å². The van der Waals surface area contributed by atoms with E-state index in [1.807, 2.05) is 30.3 Å². The molecule has 0 bridgehead atoms. The van der Waals surface area contributed by atoms with Gasteiger partial charge in [-0.25, -0.2) is 0 Å². The first-order valence-corrected chi connectivity index (χ1v) is 7.05. The molecule has 2 rings (SSSR count). The summed E-state index contributed by atoms with van der Waals surface area (Å²) in [6, 6.07) is 14.3. The zero-order valence-electron chi connectivity index (χ0n) is 10.7. The Labute approximate surface area is 122 Å². The van der Waals surface area contributed by atoms with Gasteiger partial charge in [0.25, 0.3) is 0 Å². The first kappa shape index (κ1) is 14.2. The number of aromatic nitrogens is 1. The Morgan fingerprint density at radius 3 is 2.47 bits per heavy atom. The molecule has 19 heavy (non-hydrogen) atoms. The van der Waals surface area contributed by atoms with E-state index >= 15 is 0 Å². The lowest BCUT2D eigenvalue weighted by molar-refractivity contribution is 0.183. The lowest BCUT2D eigenvalue weighted by atomic mass is 10.2. The van der Waals surface area contributed by atoms with Crippen molar-refractivity contribution < 1.29 is 5.11 Å². The van der Waals surface area contributed by atoms with Crippen LogP contribution in [0.1, 0.15) is 11.3 Å². The van der Waals surface area contributed by atoms with Crippen LogP contribution in [0.3, 0.4) is 0 Å². The molecule has 0 atom stereocenters. The summed E-state index contributed by atoms with van der Waals surface area (Å²) in [5.74, 6) is 0. The molecule has 1 heterocycles. The molecule has 0 saturated heterocycles. The monoisotopic (exact) mass is 320 g/mol. The lowest BCUT2D eigenvalue weighted by Crippen LogP contribution is -2.26. The van der Waals surface area contributed by atoms with Gasteiger partial charge in [-0.15, -0.1) is 0 Å². The van der Waals surface area contributed by atoms with Crippen LogP contribution in [0.2, 0.25) is 0 Å². The molecule has 0 aliphatic rings. The van der Waals surface area contributed by atoms with Crippen molar-refractivity contribution in [1.82, 2.24) is 9.88 Å². The highest BCUT2D eigenvalue weighted by Crippen LogP contribution is 2.11. The van der Waals surface area contributed by atoms with Gasteiger partial charge < -0.3 is 5.11 Å². The molecule has 0 aliphatic carbocycles. The summed E-state index contributed by atoms with van der Waals surface area (Å²) >= 11 is 3.38. The van der Waals surface area contributed by atoms with Crippen molar-refractivity contribution in [3.8, 4) is 0 Å². The van der Waals surface area contributed by atoms with Crippen LogP contribution >= 0.6 is 15.9 Å². The van der Waals surface area contributed by atoms with E-state index in [0.29, 0.717) is 6.54 Å². The molecule has 1 aromatic heterocycles. The van der Waals surface area contributed by atoms with Crippen molar-refractivity contribution in [1.29, 1.82) is 0 Å². The van der Waals surface area contributed by atoms with E-state index in [9.17, 15) is 0 Å². The second-order valence-corrected chi connectivity index (χ2v) is 5.30. The second kappa shape index (κ2) is 7.38. The zero-order chi connectivity index (χ0) is 13.5. The minimum Gasteiger partial charge on any atom is -0.395 e. The van der Waals surface area contributed by atoms with Crippen molar-refractivity contribution >= 4 is 15.9 Å². The molecule has 0 saturated carbocycles. The van der Waals surface area contributed by atoms with E-state index in [1.165, 1.54) is 5.56 Å². The fourth-order valence-electron chi connectivity index (χ4n) is 1.93. The fourth-order valence-corrected chi connectivity index (χ4v) is 2.16. The molecule has 2 aromatic rings. The van der Waals surface area contributed by atoms with Crippen LogP contribution in [0.15, 0.2) is 53.1 Å². The molecule has 0 fully saturated rings. The summed E-state index contributed by atoms with van der Waals surface area (Å²) in [5, 5.41) is 9.17. The maximum absolute atomic E-state index is 9.17. The van der Waals surface area contributed by atoms with E-state index in [2.05, 4.69) is 37.9 Å². The number of aliphatic hydroxyl groups excluding tert-OH is 1. The number of benzene rings is 1. The maximum atomic E-state index is 9.17. The van der Waals surface area contributed by atoms with Gasteiger partial charge in [-0.3, -0.25) is 9.88 Å². The Bertz CT molecular complexity index is 487. The van der Waals surface area contributed by atoms with Crippen molar-refractivity contribution in [3.05, 3.63) is 64.4 Å². The minimum absolute atomic E-state index is 0.156. The molecule has 1 aromatic carbocycles. The van der Waals surface area contributed by atoms with Gasteiger partial charge in [0.05, 0.1) is 12.3 Å². The van der Waals surface area contributed by atoms with E-state index in [1.54, 1.807) is 6.20 Å². The van der Waals surface area contributed by atoms with Crippen molar-refractivity contribution in [2.75, 3.05) is 13.2 Å². The Kier molecular flexibility index (Phi) is 5.51. The third kappa shape index (κ3) is 4.74. The minimum atomic E-state index is 0.156. The number of nitrogens with zero attached hydrogens (tertiary/aromatic N) is 2. The van der Waals surface area contributed by atoms with Crippen LogP contribution < -0.4 is 0 Å². The molecular weight excluding hydrogens is 304 g/mol.